The summed E-state index contributed by atoms with van der Waals surface area (Å²) >= 11 is 6.72. The fourth-order valence-electron chi connectivity index (χ4n) is 0.658. The van der Waals surface area contributed by atoms with E-state index < -0.39 is 0 Å². The number of alkyl halides is 2. The Balaban J connectivity index is 2.24. The second-order valence-electron chi connectivity index (χ2n) is 1.78. The minimum atomic E-state index is -0.0515. The summed E-state index contributed by atoms with van der Waals surface area (Å²) in [6, 6.07) is 0. The molecule has 0 saturated carbocycles. The first-order chi connectivity index (χ1) is 4.34. The summed E-state index contributed by atoms with van der Waals surface area (Å²) in [5.41, 5.74) is 0. The van der Waals surface area contributed by atoms with Crippen LogP contribution in [0.3, 0.4) is 0 Å². The molecule has 0 aromatic rings. The second-order valence-corrected chi connectivity index (χ2v) is 3.60. The summed E-state index contributed by atoms with van der Waals surface area (Å²) in [6.45, 7) is 1.44. The van der Waals surface area contributed by atoms with Crippen molar-refractivity contribution in [1.82, 2.24) is 0 Å². The molecule has 0 radical (unpaired) electrons. The molecule has 1 aliphatic heterocycles. The van der Waals surface area contributed by atoms with E-state index in [9.17, 15) is 0 Å². The number of hydrogen-bond donors (Lipinski definition) is 0. The van der Waals surface area contributed by atoms with Crippen LogP contribution in [0.15, 0.2) is 0 Å². The fourth-order valence-corrected chi connectivity index (χ4v) is 1.27. The van der Waals surface area contributed by atoms with Crippen LogP contribution in [0, 0.1) is 0 Å². The van der Waals surface area contributed by atoms with Crippen molar-refractivity contribution in [3.8, 4) is 0 Å². The Kier molecular flexibility index (Phi) is 3.46. The van der Waals surface area contributed by atoms with Gasteiger partial charge in [-0.05, 0) is 0 Å². The van der Waals surface area contributed by atoms with Gasteiger partial charge in [0.2, 0.25) is 0 Å². The largest absolute Gasteiger partial charge is 0.349 e. The van der Waals surface area contributed by atoms with Gasteiger partial charge in [0.15, 0.2) is 6.29 Å². The highest BCUT2D eigenvalue weighted by molar-refractivity contribution is 9.12. The van der Waals surface area contributed by atoms with E-state index >= 15 is 0 Å². The van der Waals surface area contributed by atoms with E-state index in [2.05, 4.69) is 31.9 Å². The summed E-state index contributed by atoms with van der Waals surface area (Å²) in [7, 11) is 0. The maximum atomic E-state index is 5.21. The SMILES string of the molecule is BrCC(Br)C1OCCO1. The van der Waals surface area contributed by atoms with Crippen LogP contribution in [-0.4, -0.2) is 29.7 Å². The third-order valence-corrected chi connectivity index (χ3v) is 3.41. The molecule has 0 spiro atoms. The maximum absolute atomic E-state index is 5.21. The van der Waals surface area contributed by atoms with Crippen LogP contribution in [0.25, 0.3) is 0 Å². The van der Waals surface area contributed by atoms with Crippen molar-refractivity contribution in [2.75, 3.05) is 18.5 Å². The van der Waals surface area contributed by atoms with Crippen molar-refractivity contribution in [1.29, 1.82) is 0 Å². The Bertz CT molecular complexity index is 83.0. The van der Waals surface area contributed by atoms with Gasteiger partial charge in [0.25, 0.3) is 0 Å². The lowest BCUT2D eigenvalue weighted by Gasteiger charge is -2.12. The first-order valence-corrected chi connectivity index (χ1v) is 4.81. The number of ether oxygens (including phenoxy) is 2. The Morgan fingerprint density at radius 2 is 2.00 bits per heavy atom. The smallest absolute Gasteiger partial charge is 0.170 e. The zero-order chi connectivity index (χ0) is 6.69. The lowest BCUT2D eigenvalue weighted by atomic mass is 10.5. The van der Waals surface area contributed by atoms with Crippen molar-refractivity contribution in [2.45, 2.75) is 11.1 Å². The third-order valence-electron chi connectivity index (χ3n) is 1.09. The van der Waals surface area contributed by atoms with Crippen molar-refractivity contribution < 1.29 is 9.47 Å². The standard InChI is InChI=1S/C5H8Br2O2/c6-3-4(7)5-8-1-2-9-5/h4-5H,1-3H2. The number of rotatable bonds is 2. The highest BCUT2D eigenvalue weighted by Gasteiger charge is 2.23. The molecule has 1 heterocycles. The molecule has 0 aromatic heterocycles. The highest BCUT2D eigenvalue weighted by atomic mass is 79.9. The number of halogens is 2. The van der Waals surface area contributed by atoms with E-state index in [4.69, 9.17) is 9.47 Å². The molecule has 2 nitrogen and oxygen atoms in total. The monoisotopic (exact) mass is 258 g/mol. The van der Waals surface area contributed by atoms with E-state index in [1.54, 1.807) is 0 Å². The molecule has 0 aliphatic carbocycles. The van der Waals surface area contributed by atoms with E-state index in [0.29, 0.717) is 0 Å². The zero-order valence-electron chi connectivity index (χ0n) is 4.85. The Labute approximate surface area is 71.2 Å². The molecule has 54 valence electrons. The van der Waals surface area contributed by atoms with Crippen molar-refractivity contribution in [3.05, 3.63) is 0 Å². The Morgan fingerprint density at radius 3 is 2.44 bits per heavy atom. The minimum absolute atomic E-state index is 0.0515. The molecule has 4 heteroatoms. The summed E-state index contributed by atoms with van der Waals surface area (Å²) < 4.78 is 10.4. The average Bonchev–Trinajstić information content (AvgIpc) is 2.37. The van der Waals surface area contributed by atoms with Crippen LogP contribution in [0.1, 0.15) is 0 Å². The van der Waals surface area contributed by atoms with E-state index in [1.165, 1.54) is 0 Å². The van der Waals surface area contributed by atoms with Crippen molar-refractivity contribution in [3.63, 3.8) is 0 Å². The number of hydrogen-bond acceptors (Lipinski definition) is 2. The molecular formula is C5H8Br2O2. The van der Waals surface area contributed by atoms with Gasteiger partial charge in [-0.15, -0.1) is 0 Å². The molecule has 0 bridgehead atoms. The lowest BCUT2D eigenvalue weighted by molar-refractivity contribution is -0.0362. The van der Waals surface area contributed by atoms with Crippen molar-refractivity contribution >= 4 is 31.9 Å². The van der Waals surface area contributed by atoms with E-state index in [1.807, 2.05) is 0 Å². The van der Waals surface area contributed by atoms with Gasteiger partial charge in [0.05, 0.1) is 18.0 Å². The fraction of sp³-hybridized carbons (Fsp3) is 1.00. The van der Waals surface area contributed by atoms with E-state index in [0.717, 1.165) is 18.5 Å². The third kappa shape index (κ3) is 2.18. The average molecular weight is 260 g/mol. The van der Waals surface area contributed by atoms with Gasteiger partial charge in [0.1, 0.15) is 0 Å². The lowest BCUT2D eigenvalue weighted by Crippen LogP contribution is -2.22. The highest BCUT2D eigenvalue weighted by Crippen LogP contribution is 2.16. The molecule has 1 saturated heterocycles. The van der Waals surface area contributed by atoms with Crippen LogP contribution < -0.4 is 0 Å². The van der Waals surface area contributed by atoms with Crippen LogP contribution in [0.2, 0.25) is 0 Å². The van der Waals surface area contributed by atoms with Gasteiger partial charge in [-0.25, -0.2) is 0 Å². The first-order valence-electron chi connectivity index (χ1n) is 2.78. The summed E-state index contributed by atoms with van der Waals surface area (Å²) in [4.78, 5) is 0.278. The van der Waals surface area contributed by atoms with Gasteiger partial charge in [-0.1, -0.05) is 31.9 Å². The summed E-state index contributed by atoms with van der Waals surface area (Å²) in [6.07, 6.45) is -0.0515. The molecule has 9 heavy (non-hydrogen) atoms. The summed E-state index contributed by atoms with van der Waals surface area (Å²) in [5.74, 6) is 0. The normalized spacial score (nSPS) is 24.7. The van der Waals surface area contributed by atoms with Crippen molar-refractivity contribution in [2.24, 2.45) is 0 Å². The molecule has 1 fully saturated rings. The maximum Gasteiger partial charge on any atom is 0.170 e. The van der Waals surface area contributed by atoms with Gasteiger partial charge >= 0.3 is 0 Å². The molecule has 1 aliphatic rings. The topological polar surface area (TPSA) is 18.5 Å². The van der Waals surface area contributed by atoms with Crippen LogP contribution in [0.5, 0.6) is 0 Å². The molecule has 1 atom stereocenters. The molecule has 0 aromatic carbocycles. The molecule has 1 unspecified atom stereocenters. The molecule has 0 amide bonds. The Morgan fingerprint density at radius 1 is 1.44 bits per heavy atom. The molecular weight excluding hydrogens is 252 g/mol. The van der Waals surface area contributed by atoms with Gasteiger partial charge < -0.3 is 9.47 Å². The van der Waals surface area contributed by atoms with Crippen LogP contribution >= 0.6 is 31.9 Å². The first kappa shape index (κ1) is 7.98. The second kappa shape index (κ2) is 3.91. The van der Waals surface area contributed by atoms with Crippen LogP contribution in [-0.2, 0) is 9.47 Å². The Hall–Kier alpha value is 0.880. The predicted molar refractivity (Wildman–Crippen MR) is 42.2 cm³/mol. The zero-order valence-corrected chi connectivity index (χ0v) is 8.02. The minimum Gasteiger partial charge on any atom is -0.349 e. The van der Waals surface area contributed by atoms with Gasteiger partial charge in [0, 0.05) is 5.33 Å². The van der Waals surface area contributed by atoms with E-state index in [-0.39, 0.29) is 11.1 Å². The van der Waals surface area contributed by atoms with Gasteiger partial charge in [-0.2, -0.15) is 0 Å². The predicted octanol–water partition coefficient (Wildman–Crippen LogP) is 1.52. The van der Waals surface area contributed by atoms with Gasteiger partial charge in [-0.3, -0.25) is 0 Å². The molecule has 0 N–H and O–H groups in total. The molecule has 1 rings (SSSR count). The quantitative estimate of drug-likeness (QED) is 0.701. The summed E-state index contributed by atoms with van der Waals surface area (Å²) in [5, 5.41) is 0.859. The van der Waals surface area contributed by atoms with Crippen LogP contribution in [0.4, 0.5) is 0 Å².